The molecule has 0 aromatic carbocycles. The van der Waals surface area contributed by atoms with E-state index < -0.39 is 0 Å². The van der Waals surface area contributed by atoms with Crippen LogP contribution in [0.5, 0.6) is 0 Å². The Balaban J connectivity index is 2.18. The van der Waals surface area contributed by atoms with Crippen LogP contribution in [0.4, 0.5) is 0 Å². The van der Waals surface area contributed by atoms with Crippen molar-refractivity contribution in [3.05, 3.63) is 35.4 Å². The van der Waals surface area contributed by atoms with Gasteiger partial charge in [-0.3, -0.25) is 0 Å². The maximum absolute atomic E-state index is 5.74. The predicted molar refractivity (Wildman–Crippen MR) is 54.6 cm³/mol. The van der Waals surface area contributed by atoms with E-state index in [-0.39, 0.29) is 0 Å². The molecule has 0 spiro atoms. The Hall–Kier alpha value is -1.00. The van der Waals surface area contributed by atoms with Gasteiger partial charge in [-0.2, -0.15) is 0 Å². The van der Waals surface area contributed by atoms with Gasteiger partial charge in [-0.1, -0.05) is 11.6 Å². The molecule has 0 fully saturated rings. The van der Waals surface area contributed by atoms with Gasteiger partial charge >= 0.3 is 0 Å². The first-order valence-electron chi connectivity index (χ1n) is 3.95. The lowest BCUT2D eigenvalue weighted by Crippen LogP contribution is -1.77. The predicted octanol–water partition coefficient (Wildman–Crippen LogP) is 3.18. The Morgan fingerprint density at radius 2 is 2.36 bits per heavy atom. The number of nitrogens with zero attached hydrogens (tertiary/aromatic N) is 2. The van der Waals surface area contributed by atoms with Crippen molar-refractivity contribution in [3.63, 3.8) is 0 Å². The van der Waals surface area contributed by atoms with E-state index in [1.165, 1.54) is 11.8 Å². The Morgan fingerprint density at radius 3 is 3.00 bits per heavy atom. The molecule has 0 amide bonds. The van der Waals surface area contributed by atoms with Crippen LogP contribution in [-0.2, 0) is 0 Å². The molecule has 0 saturated carbocycles. The van der Waals surface area contributed by atoms with E-state index in [4.69, 9.17) is 16.0 Å². The largest absolute Gasteiger partial charge is 0.439 e. The third kappa shape index (κ3) is 2.27. The number of hydrogen-bond acceptors (Lipinski definition) is 4. The van der Waals surface area contributed by atoms with Crippen molar-refractivity contribution in [1.29, 1.82) is 0 Å². The minimum Gasteiger partial charge on any atom is -0.439 e. The lowest BCUT2D eigenvalue weighted by Gasteiger charge is -1.95. The molecule has 0 radical (unpaired) electrons. The van der Waals surface area contributed by atoms with E-state index in [1.54, 1.807) is 18.5 Å². The van der Waals surface area contributed by atoms with Crippen molar-refractivity contribution < 1.29 is 4.42 Å². The van der Waals surface area contributed by atoms with Gasteiger partial charge in [-0.05, 0) is 30.8 Å². The second-order valence-electron chi connectivity index (χ2n) is 2.67. The Labute approximate surface area is 90.5 Å². The van der Waals surface area contributed by atoms with Gasteiger partial charge in [0.15, 0.2) is 0 Å². The average Bonchev–Trinajstić information content (AvgIpc) is 2.51. The van der Waals surface area contributed by atoms with E-state index in [0.29, 0.717) is 10.4 Å². The third-order valence-electron chi connectivity index (χ3n) is 1.50. The quantitative estimate of drug-likeness (QED) is 0.738. The molecule has 0 saturated heterocycles. The highest BCUT2D eigenvalue weighted by Gasteiger charge is 2.03. The highest BCUT2D eigenvalue weighted by Crippen LogP contribution is 2.27. The molecular weight excluding hydrogens is 220 g/mol. The van der Waals surface area contributed by atoms with Crippen molar-refractivity contribution in [2.24, 2.45) is 0 Å². The molecule has 2 heterocycles. The van der Waals surface area contributed by atoms with E-state index in [1.807, 2.05) is 13.0 Å². The first-order chi connectivity index (χ1) is 6.74. The van der Waals surface area contributed by atoms with Gasteiger partial charge in [0, 0.05) is 11.1 Å². The molecule has 5 heteroatoms. The molecule has 0 aliphatic heterocycles. The van der Waals surface area contributed by atoms with Crippen LogP contribution in [0.3, 0.4) is 0 Å². The smallest absolute Gasteiger partial charge is 0.260 e. The summed E-state index contributed by atoms with van der Waals surface area (Å²) < 4.78 is 5.20. The van der Waals surface area contributed by atoms with Crippen LogP contribution in [0.2, 0.25) is 5.15 Å². The van der Waals surface area contributed by atoms with Crippen LogP contribution in [0.1, 0.15) is 5.69 Å². The van der Waals surface area contributed by atoms with E-state index in [9.17, 15) is 0 Å². The van der Waals surface area contributed by atoms with E-state index in [0.717, 1.165) is 10.6 Å². The Kier molecular flexibility index (Phi) is 2.74. The summed E-state index contributed by atoms with van der Waals surface area (Å²) in [6, 6.07) is 3.63. The summed E-state index contributed by atoms with van der Waals surface area (Å²) in [6.45, 7) is 1.88. The molecule has 0 aliphatic rings. The first-order valence-corrected chi connectivity index (χ1v) is 5.15. The van der Waals surface area contributed by atoms with Crippen molar-refractivity contribution >= 4 is 23.4 Å². The molecule has 0 unspecified atom stereocenters. The Morgan fingerprint density at radius 1 is 1.50 bits per heavy atom. The normalized spacial score (nSPS) is 10.4. The van der Waals surface area contributed by atoms with Crippen LogP contribution in [-0.4, -0.2) is 9.97 Å². The lowest BCUT2D eigenvalue weighted by atomic mass is 10.5. The zero-order valence-corrected chi connectivity index (χ0v) is 8.97. The van der Waals surface area contributed by atoms with Gasteiger partial charge in [0.05, 0.1) is 5.69 Å². The SMILES string of the molecule is Cc1coc(Sc2ccnc(Cl)c2)n1. The number of halogens is 1. The summed E-state index contributed by atoms with van der Waals surface area (Å²) in [5.41, 5.74) is 0.868. The van der Waals surface area contributed by atoms with E-state index >= 15 is 0 Å². The van der Waals surface area contributed by atoms with Gasteiger partial charge < -0.3 is 4.42 Å². The number of hydrogen-bond donors (Lipinski definition) is 0. The number of rotatable bonds is 2. The number of aromatic nitrogens is 2. The molecule has 72 valence electrons. The number of oxazole rings is 1. The highest BCUT2D eigenvalue weighted by molar-refractivity contribution is 7.99. The fourth-order valence-corrected chi connectivity index (χ4v) is 1.95. The molecule has 3 nitrogen and oxygen atoms in total. The minimum atomic E-state index is 0.471. The summed E-state index contributed by atoms with van der Waals surface area (Å²) >= 11 is 7.16. The summed E-state index contributed by atoms with van der Waals surface area (Å²) in [7, 11) is 0. The summed E-state index contributed by atoms with van der Waals surface area (Å²) in [5, 5.41) is 1.09. The summed E-state index contributed by atoms with van der Waals surface area (Å²) in [4.78, 5) is 9.02. The van der Waals surface area contributed by atoms with Crippen LogP contribution in [0.25, 0.3) is 0 Å². The fourth-order valence-electron chi connectivity index (χ4n) is 0.928. The average molecular weight is 227 g/mol. The molecule has 0 N–H and O–H groups in total. The van der Waals surface area contributed by atoms with Crippen LogP contribution in [0, 0.1) is 6.92 Å². The topological polar surface area (TPSA) is 38.9 Å². The Bertz CT molecular complexity index is 444. The second kappa shape index (κ2) is 4.02. The highest BCUT2D eigenvalue weighted by atomic mass is 35.5. The summed E-state index contributed by atoms with van der Waals surface area (Å²) in [6.07, 6.45) is 3.27. The van der Waals surface area contributed by atoms with Gasteiger partial charge in [-0.25, -0.2) is 9.97 Å². The zero-order chi connectivity index (χ0) is 9.97. The summed E-state index contributed by atoms with van der Waals surface area (Å²) in [5.74, 6) is 0. The number of aryl methyl sites for hydroxylation is 1. The van der Waals surface area contributed by atoms with Gasteiger partial charge in [-0.15, -0.1) is 0 Å². The van der Waals surface area contributed by atoms with Gasteiger partial charge in [0.1, 0.15) is 11.4 Å². The maximum atomic E-state index is 5.74. The van der Waals surface area contributed by atoms with Crippen molar-refractivity contribution in [2.45, 2.75) is 17.0 Å². The molecule has 2 aromatic heterocycles. The maximum Gasteiger partial charge on any atom is 0.260 e. The van der Waals surface area contributed by atoms with Crippen molar-refractivity contribution in [2.75, 3.05) is 0 Å². The van der Waals surface area contributed by atoms with Crippen LogP contribution < -0.4 is 0 Å². The van der Waals surface area contributed by atoms with Crippen LogP contribution in [0.15, 0.2) is 39.1 Å². The minimum absolute atomic E-state index is 0.471. The van der Waals surface area contributed by atoms with Crippen LogP contribution >= 0.6 is 23.4 Å². The lowest BCUT2D eigenvalue weighted by molar-refractivity contribution is 0.454. The molecule has 0 atom stereocenters. The van der Waals surface area contributed by atoms with Crippen molar-refractivity contribution in [1.82, 2.24) is 9.97 Å². The molecular formula is C9H7ClN2OS. The van der Waals surface area contributed by atoms with Gasteiger partial charge in [0.2, 0.25) is 0 Å². The second-order valence-corrected chi connectivity index (χ2v) is 4.08. The molecule has 0 bridgehead atoms. The third-order valence-corrected chi connectivity index (χ3v) is 2.56. The van der Waals surface area contributed by atoms with Gasteiger partial charge in [0.25, 0.3) is 5.22 Å². The molecule has 0 aliphatic carbocycles. The zero-order valence-electron chi connectivity index (χ0n) is 7.40. The van der Waals surface area contributed by atoms with E-state index in [2.05, 4.69) is 9.97 Å². The standard InChI is InChI=1S/C9H7ClN2OS/c1-6-5-13-9(12-6)14-7-2-3-11-8(10)4-7/h2-5H,1H3. The first kappa shape index (κ1) is 9.55. The monoisotopic (exact) mass is 226 g/mol. The number of pyridine rings is 1. The molecule has 2 aromatic rings. The fraction of sp³-hybridized carbons (Fsp3) is 0.111. The van der Waals surface area contributed by atoms with Crippen molar-refractivity contribution in [3.8, 4) is 0 Å². The molecule has 2 rings (SSSR count). The molecule has 14 heavy (non-hydrogen) atoms.